The lowest BCUT2D eigenvalue weighted by molar-refractivity contribution is -0.152. The topological polar surface area (TPSA) is 158 Å². The molecular formula is C24H36N5O7PS2. The molecule has 3 rings (SSSR count). The molecule has 216 valence electrons. The summed E-state index contributed by atoms with van der Waals surface area (Å²) in [5.74, 6) is -3.16. The van der Waals surface area contributed by atoms with Crippen LogP contribution in [-0.4, -0.2) is 68.9 Å². The van der Waals surface area contributed by atoms with Crippen molar-refractivity contribution in [2.45, 2.75) is 53.9 Å². The highest BCUT2D eigenvalue weighted by molar-refractivity contribution is 8.89. The van der Waals surface area contributed by atoms with Crippen molar-refractivity contribution in [2.24, 2.45) is 10.8 Å². The summed E-state index contributed by atoms with van der Waals surface area (Å²) in [6.45, 7) is 10.8. The maximum Gasteiger partial charge on any atom is 0.313 e. The largest absolute Gasteiger partial charge is 0.464 e. The molecule has 2 atom stereocenters. The first-order valence-electron chi connectivity index (χ1n) is 12.3. The molecule has 3 heterocycles. The zero-order valence-electron chi connectivity index (χ0n) is 23.0. The lowest BCUT2D eigenvalue weighted by atomic mass is 9.97. The van der Waals surface area contributed by atoms with Crippen molar-refractivity contribution in [1.29, 1.82) is 0 Å². The maximum atomic E-state index is 13.7. The summed E-state index contributed by atoms with van der Waals surface area (Å²) in [6, 6.07) is 0. The Balaban J connectivity index is 1.56. The van der Waals surface area contributed by atoms with Gasteiger partial charge in [0, 0.05) is 11.5 Å². The van der Waals surface area contributed by atoms with Gasteiger partial charge in [0.25, 0.3) is 0 Å². The van der Waals surface area contributed by atoms with Gasteiger partial charge in [0.1, 0.15) is 31.2 Å². The summed E-state index contributed by atoms with van der Waals surface area (Å²) >= 11 is 2.16. The molecule has 1 aliphatic heterocycles. The van der Waals surface area contributed by atoms with E-state index in [4.69, 9.17) is 24.5 Å². The first kappa shape index (κ1) is 31.4. The predicted molar refractivity (Wildman–Crippen MR) is 152 cm³/mol. The van der Waals surface area contributed by atoms with Gasteiger partial charge in [-0.1, -0.05) is 28.8 Å². The molecule has 39 heavy (non-hydrogen) atoms. The van der Waals surface area contributed by atoms with Gasteiger partial charge in [0.05, 0.1) is 23.8 Å². The second-order valence-corrected chi connectivity index (χ2v) is 18.3. The Kier molecular flexibility index (Phi) is 10.5. The molecule has 0 saturated heterocycles. The van der Waals surface area contributed by atoms with Gasteiger partial charge in [-0.2, -0.15) is 0 Å². The highest BCUT2D eigenvalue weighted by Crippen LogP contribution is 2.69. The number of ether oxygens (including phenoxy) is 3. The van der Waals surface area contributed by atoms with Crippen molar-refractivity contribution in [3.63, 3.8) is 0 Å². The van der Waals surface area contributed by atoms with Crippen molar-refractivity contribution >= 4 is 57.5 Å². The highest BCUT2D eigenvalue weighted by atomic mass is 33.1. The number of anilines is 1. The SMILES string of the molecule is CC(C)(C)C(=O)OCCSP(=O)(OCC1C=CC(n2cnc3c(N)ncnc32)O1)SCCOC(=O)C(C)(C)C. The molecule has 0 spiro atoms. The summed E-state index contributed by atoms with van der Waals surface area (Å²) in [5.41, 5.74) is 5.62. The number of imidazole rings is 1. The van der Waals surface area contributed by atoms with Gasteiger partial charge >= 0.3 is 17.7 Å². The third-order valence-corrected chi connectivity index (χ3v) is 12.5. The van der Waals surface area contributed by atoms with Crippen LogP contribution in [-0.2, 0) is 32.9 Å². The second-order valence-electron chi connectivity index (χ2n) is 10.7. The van der Waals surface area contributed by atoms with E-state index in [1.165, 1.54) is 6.33 Å². The predicted octanol–water partition coefficient (Wildman–Crippen LogP) is 4.63. The molecule has 2 aromatic heterocycles. The van der Waals surface area contributed by atoms with Crippen LogP contribution >= 0.6 is 28.5 Å². The van der Waals surface area contributed by atoms with Crippen molar-refractivity contribution < 1.29 is 32.9 Å². The van der Waals surface area contributed by atoms with Crippen molar-refractivity contribution in [3.05, 3.63) is 24.8 Å². The van der Waals surface area contributed by atoms with Crippen LogP contribution in [0.25, 0.3) is 11.2 Å². The fraction of sp³-hybridized carbons (Fsp3) is 0.625. The number of carbonyl (C=O) groups excluding carboxylic acids is 2. The number of esters is 2. The number of nitrogen functional groups attached to an aromatic ring is 1. The molecule has 0 radical (unpaired) electrons. The number of nitrogens with zero attached hydrogens (tertiary/aromatic N) is 4. The second kappa shape index (κ2) is 13.0. The molecule has 1 aliphatic rings. The Labute approximate surface area is 236 Å². The zero-order chi connectivity index (χ0) is 28.8. The number of aromatic nitrogens is 4. The molecule has 0 amide bonds. The van der Waals surface area contributed by atoms with E-state index in [0.717, 1.165) is 22.8 Å². The molecule has 0 aliphatic carbocycles. The van der Waals surface area contributed by atoms with Crippen LogP contribution < -0.4 is 5.73 Å². The minimum Gasteiger partial charge on any atom is -0.464 e. The number of hydrogen-bond acceptors (Lipinski definition) is 13. The number of nitrogens with two attached hydrogens (primary N) is 1. The van der Waals surface area contributed by atoms with E-state index < -0.39 is 28.9 Å². The fourth-order valence-corrected chi connectivity index (χ4v) is 9.23. The molecule has 0 aromatic carbocycles. The van der Waals surface area contributed by atoms with E-state index in [2.05, 4.69) is 15.0 Å². The lowest BCUT2D eigenvalue weighted by Crippen LogP contribution is -2.24. The quantitative estimate of drug-likeness (QED) is 0.155. The first-order chi connectivity index (χ1) is 18.2. The van der Waals surface area contributed by atoms with Gasteiger partial charge in [-0.15, -0.1) is 0 Å². The van der Waals surface area contributed by atoms with Gasteiger partial charge in [0.2, 0.25) is 0 Å². The standard InChI is InChI=1S/C24H36N5O7PS2/c1-23(2,3)21(30)33-9-11-38-37(32,39-12-10-34-22(31)24(4,5)6)35-13-16-7-8-17(36-16)29-15-28-18-19(25)26-14-27-20(18)29/h7-8,14-17H,9-13H2,1-6H3,(H2,25,26,27). The average molecular weight is 602 g/mol. The Morgan fingerprint density at radius 2 is 1.59 bits per heavy atom. The van der Waals surface area contributed by atoms with Crippen LogP contribution in [0, 0.1) is 10.8 Å². The molecule has 0 saturated carbocycles. The maximum absolute atomic E-state index is 13.7. The van der Waals surface area contributed by atoms with Gasteiger partial charge in [-0.05, 0) is 47.6 Å². The lowest BCUT2D eigenvalue weighted by Gasteiger charge is -2.21. The van der Waals surface area contributed by atoms with Crippen molar-refractivity contribution in [3.8, 4) is 0 Å². The minimum absolute atomic E-state index is 0.0254. The third-order valence-electron chi connectivity index (χ3n) is 5.22. The smallest absolute Gasteiger partial charge is 0.313 e. The van der Waals surface area contributed by atoms with Gasteiger partial charge in [-0.3, -0.25) is 18.7 Å². The molecule has 12 nitrogen and oxygen atoms in total. The highest BCUT2D eigenvalue weighted by Gasteiger charge is 2.31. The number of fused-ring (bicyclic) bond motifs is 1. The summed E-state index contributed by atoms with van der Waals surface area (Å²) in [7, 11) is 0. The van der Waals surface area contributed by atoms with Crippen LogP contribution in [0.4, 0.5) is 5.82 Å². The fourth-order valence-electron chi connectivity index (χ4n) is 3.07. The van der Waals surface area contributed by atoms with E-state index in [0.29, 0.717) is 11.2 Å². The van der Waals surface area contributed by atoms with Crippen molar-refractivity contribution in [1.82, 2.24) is 19.5 Å². The van der Waals surface area contributed by atoms with Crippen LogP contribution in [0.15, 0.2) is 24.8 Å². The van der Waals surface area contributed by atoms with Crippen LogP contribution in [0.2, 0.25) is 0 Å². The molecule has 2 aromatic rings. The Morgan fingerprint density at radius 1 is 1.00 bits per heavy atom. The summed E-state index contributed by atoms with van der Waals surface area (Å²) in [4.78, 5) is 36.5. The van der Waals surface area contributed by atoms with E-state index in [1.807, 2.05) is 12.2 Å². The van der Waals surface area contributed by atoms with Gasteiger partial charge in [0.15, 0.2) is 17.7 Å². The van der Waals surface area contributed by atoms with Gasteiger partial charge in [-0.25, -0.2) is 15.0 Å². The Morgan fingerprint density at radius 3 is 2.15 bits per heavy atom. The van der Waals surface area contributed by atoms with Crippen molar-refractivity contribution in [2.75, 3.05) is 37.1 Å². The molecule has 2 N–H and O–H groups in total. The van der Waals surface area contributed by atoms with E-state index in [9.17, 15) is 14.2 Å². The first-order valence-corrected chi connectivity index (χ1v) is 17.2. The summed E-state index contributed by atoms with van der Waals surface area (Å²) < 4.78 is 37.9. The molecule has 15 heteroatoms. The monoisotopic (exact) mass is 601 g/mol. The summed E-state index contributed by atoms with van der Waals surface area (Å²) in [5, 5.41) is 0. The van der Waals surface area contributed by atoms with E-state index >= 15 is 0 Å². The Bertz CT molecular complexity index is 1200. The van der Waals surface area contributed by atoms with Gasteiger partial charge < -0.3 is 24.5 Å². The number of hydrogen-bond donors (Lipinski definition) is 1. The average Bonchev–Trinajstić information content (AvgIpc) is 3.49. The summed E-state index contributed by atoms with van der Waals surface area (Å²) in [6.07, 6.45) is 5.61. The van der Waals surface area contributed by atoms with E-state index in [1.54, 1.807) is 52.4 Å². The van der Waals surface area contributed by atoms with Crippen LogP contribution in [0.5, 0.6) is 0 Å². The molecule has 0 bridgehead atoms. The number of carbonyl (C=O) groups is 2. The van der Waals surface area contributed by atoms with Crippen LogP contribution in [0.1, 0.15) is 47.8 Å². The van der Waals surface area contributed by atoms with E-state index in [-0.39, 0.29) is 49.1 Å². The molecule has 2 unspecified atom stereocenters. The normalized spacial score (nSPS) is 18.0. The molecule has 0 fully saturated rings. The Hall–Kier alpha value is -2.12. The van der Waals surface area contributed by atoms with Crippen LogP contribution in [0.3, 0.4) is 0 Å². The molecular weight excluding hydrogens is 565 g/mol. The third kappa shape index (κ3) is 8.94. The minimum atomic E-state index is -3.32. The zero-order valence-corrected chi connectivity index (χ0v) is 25.5. The number of rotatable bonds is 12.